The zero-order valence-corrected chi connectivity index (χ0v) is 12.3. The van der Waals surface area contributed by atoms with Crippen LogP contribution in [0.15, 0.2) is 0 Å². The van der Waals surface area contributed by atoms with Crippen molar-refractivity contribution in [1.29, 1.82) is 0 Å². The van der Waals surface area contributed by atoms with Gasteiger partial charge in [0.1, 0.15) is 6.04 Å². The summed E-state index contributed by atoms with van der Waals surface area (Å²) in [6, 6.07) is -0.252. The van der Waals surface area contributed by atoms with Gasteiger partial charge in [0.2, 0.25) is 0 Å². The normalized spacial score (nSPS) is 23.5. The van der Waals surface area contributed by atoms with E-state index in [0.717, 1.165) is 25.8 Å². The Balaban J connectivity index is 2.75. The van der Waals surface area contributed by atoms with Gasteiger partial charge in [0, 0.05) is 6.04 Å². The molecule has 5 nitrogen and oxygen atoms in total. The molecule has 1 rings (SSSR count). The van der Waals surface area contributed by atoms with Gasteiger partial charge in [-0.1, -0.05) is 13.3 Å². The molecule has 1 saturated heterocycles. The number of esters is 2. The third kappa shape index (κ3) is 3.93. The van der Waals surface area contributed by atoms with Crippen LogP contribution in [0.4, 0.5) is 0 Å². The molecule has 1 aliphatic rings. The smallest absolute Gasteiger partial charge is 0.323 e. The molecule has 1 fully saturated rings. The molecule has 0 saturated carbocycles. The first-order chi connectivity index (χ1) is 9.02. The second kappa shape index (κ2) is 7.48. The molecule has 110 valence electrons. The second-order valence-electron chi connectivity index (χ2n) is 5.05. The van der Waals surface area contributed by atoms with E-state index in [0.29, 0.717) is 6.61 Å². The fraction of sp³-hybridized carbons (Fsp3) is 0.857. The van der Waals surface area contributed by atoms with Crippen LogP contribution in [-0.2, 0) is 19.1 Å². The predicted molar refractivity (Wildman–Crippen MR) is 71.6 cm³/mol. The average molecular weight is 271 g/mol. The van der Waals surface area contributed by atoms with Crippen molar-refractivity contribution in [2.75, 3.05) is 20.3 Å². The second-order valence-corrected chi connectivity index (χ2v) is 5.05. The van der Waals surface area contributed by atoms with Crippen molar-refractivity contribution in [3.8, 4) is 0 Å². The van der Waals surface area contributed by atoms with E-state index in [9.17, 15) is 9.59 Å². The minimum Gasteiger partial charge on any atom is -0.469 e. The maximum absolute atomic E-state index is 12.0. The molecule has 0 aromatic heterocycles. The highest BCUT2D eigenvalue weighted by molar-refractivity contribution is 5.76. The molecular formula is C14H25NO4. The van der Waals surface area contributed by atoms with E-state index in [2.05, 4.69) is 4.90 Å². The molecule has 0 aromatic rings. The summed E-state index contributed by atoms with van der Waals surface area (Å²) in [5.74, 6) is -0.660. The Kier molecular flexibility index (Phi) is 6.28. The van der Waals surface area contributed by atoms with Crippen LogP contribution in [0.1, 0.15) is 40.0 Å². The summed E-state index contributed by atoms with van der Waals surface area (Å²) >= 11 is 0. The summed E-state index contributed by atoms with van der Waals surface area (Å²) < 4.78 is 9.92. The van der Waals surface area contributed by atoms with Gasteiger partial charge in [-0.3, -0.25) is 14.5 Å². The maximum Gasteiger partial charge on any atom is 0.323 e. The van der Waals surface area contributed by atoms with E-state index in [1.54, 1.807) is 0 Å². The van der Waals surface area contributed by atoms with Crippen LogP contribution in [0, 0.1) is 5.92 Å². The quantitative estimate of drug-likeness (QED) is 0.711. The Morgan fingerprint density at radius 3 is 2.58 bits per heavy atom. The Hall–Kier alpha value is -1.10. The number of carbonyl (C=O) groups is 2. The van der Waals surface area contributed by atoms with Gasteiger partial charge in [-0.15, -0.1) is 0 Å². The van der Waals surface area contributed by atoms with Crippen molar-refractivity contribution >= 4 is 11.9 Å². The van der Waals surface area contributed by atoms with E-state index >= 15 is 0 Å². The van der Waals surface area contributed by atoms with Crippen molar-refractivity contribution < 1.29 is 19.1 Å². The van der Waals surface area contributed by atoms with Crippen LogP contribution in [0.3, 0.4) is 0 Å². The number of piperidine rings is 1. The lowest BCUT2D eigenvalue weighted by molar-refractivity contribution is -0.156. The van der Waals surface area contributed by atoms with E-state index in [-0.39, 0.29) is 29.9 Å². The highest BCUT2D eigenvalue weighted by atomic mass is 16.5. The Morgan fingerprint density at radius 1 is 1.32 bits per heavy atom. The summed E-state index contributed by atoms with van der Waals surface area (Å²) in [6.45, 7) is 6.84. The van der Waals surface area contributed by atoms with Crippen molar-refractivity contribution in [3.63, 3.8) is 0 Å². The minimum atomic E-state index is -0.250. The standard InChI is InChI=1S/C14H25NO4/c1-5-19-14(17)12-8-6-7-9-15(12)11(3)10(2)13(16)18-4/h10-12H,5-9H2,1-4H3. The molecule has 1 aliphatic heterocycles. The van der Waals surface area contributed by atoms with Gasteiger partial charge in [0.15, 0.2) is 0 Å². The van der Waals surface area contributed by atoms with E-state index in [1.165, 1.54) is 7.11 Å². The zero-order valence-electron chi connectivity index (χ0n) is 12.3. The number of ether oxygens (including phenoxy) is 2. The monoisotopic (exact) mass is 271 g/mol. The largest absolute Gasteiger partial charge is 0.469 e. The molecule has 3 unspecified atom stereocenters. The fourth-order valence-electron chi connectivity index (χ4n) is 2.60. The first-order valence-corrected chi connectivity index (χ1v) is 7.03. The first-order valence-electron chi connectivity index (χ1n) is 7.03. The number of methoxy groups -OCH3 is 1. The lowest BCUT2D eigenvalue weighted by Gasteiger charge is -2.39. The first kappa shape index (κ1) is 16.0. The highest BCUT2D eigenvalue weighted by Gasteiger charge is 2.36. The van der Waals surface area contributed by atoms with Crippen molar-refractivity contribution in [2.45, 2.75) is 52.1 Å². The number of nitrogens with zero attached hydrogens (tertiary/aromatic N) is 1. The lowest BCUT2D eigenvalue weighted by atomic mass is 9.94. The zero-order chi connectivity index (χ0) is 14.4. The Morgan fingerprint density at radius 2 is 2.00 bits per heavy atom. The fourth-order valence-corrected chi connectivity index (χ4v) is 2.60. The summed E-state index contributed by atoms with van der Waals surface area (Å²) in [5.41, 5.74) is 0. The summed E-state index contributed by atoms with van der Waals surface area (Å²) in [6.07, 6.45) is 2.88. The number of likely N-dealkylation sites (tertiary alicyclic amines) is 1. The van der Waals surface area contributed by atoms with Crippen LogP contribution >= 0.6 is 0 Å². The van der Waals surface area contributed by atoms with Gasteiger partial charge in [-0.25, -0.2) is 0 Å². The SMILES string of the molecule is CCOC(=O)C1CCCCN1C(C)C(C)C(=O)OC. The number of carbonyl (C=O) groups excluding carboxylic acids is 2. The molecule has 3 atom stereocenters. The Labute approximate surface area is 115 Å². The number of hydrogen-bond donors (Lipinski definition) is 0. The highest BCUT2D eigenvalue weighted by Crippen LogP contribution is 2.24. The molecule has 5 heteroatoms. The van der Waals surface area contributed by atoms with Gasteiger partial charge in [0.25, 0.3) is 0 Å². The van der Waals surface area contributed by atoms with Crippen LogP contribution < -0.4 is 0 Å². The van der Waals surface area contributed by atoms with Gasteiger partial charge in [0.05, 0.1) is 19.6 Å². The van der Waals surface area contributed by atoms with Gasteiger partial charge < -0.3 is 9.47 Å². The van der Waals surface area contributed by atoms with Crippen LogP contribution in [0.25, 0.3) is 0 Å². The van der Waals surface area contributed by atoms with Crippen molar-refractivity contribution in [2.24, 2.45) is 5.92 Å². The molecule has 0 amide bonds. The van der Waals surface area contributed by atoms with Crippen LogP contribution in [-0.4, -0.2) is 49.2 Å². The van der Waals surface area contributed by atoms with Gasteiger partial charge >= 0.3 is 11.9 Å². The van der Waals surface area contributed by atoms with Crippen molar-refractivity contribution in [1.82, 2.24) is 4.90 Å². The number of hydrogen-bond acceptors (Lipinski definition) is 5. The lowest BCUT2D eigenvalue weighted by Crippen LogP contribution is -2.52. The topological polar surface area (TPSA) is 55.8 Å². The minimum absolute atomic E-state index is 0.0258. The van der Waals surface area contributed by atoms with Gasteiger partial charge in [-0.2, -0.15) is 0 Å². The molecule has 0 radical (unpaired) electrons. The van der Waals surface area contributed by atoms with Crippen LogP contribution in [0.5, 0.6) is 0 Å². The molecule has 0 N–H and O–H groups in total. The van der Waals surface area contributed by atoms with Crippen LogP contribution in [0.2, 0.25) is 0 Å². The third-order valence-electron chi connectivity index (χ3n) is 3.92. The predicted octanol–water partition coefficient (Wildman–Crippen LogP) is 1.60. The van der Waals surface area contributed by atoms with E-state index in [1.807, 2.05) is 20.8 Å². The van der Waals surface area contributed by atoms with Crippen molar-refractivity contribution in [3.05, 3.63) is 0 Å². The molecule has 0 spiro atoms. The molecule has 0 bridgehead atoms. The summed E-state index contributed by atoms with van der Waals surface area (Å²) in [4.78, 5) is 25.7. The molecule has 19 heavy (non-hydrogen) atoms. The third-order valence-corrected chi connectivity index (χ3v) is 3.92. The maximum atomic E-state index is 12.0. The van der Waals surface area contributed by atoms with E-state index < -0.39 is 0 Å². The number of rotatable bonds is 5. The summed E-state index contributed by atoms with van der Waals surface area (Å²) in [7, 11) is 1.39. The molecule has 1 heterocycles. The summed E-state index contributed by atoms with van der Waals surface area (Å²) in [5, 5.41) is 0. The van der Waals surface area contributed by atoms with Gasteiger partial charge in [-0.05, 0) is 33.2 Å². The molecule has 0 aromatic carbocycles. The Bertz CT molecular complexity index is 319. The average Bonchev–Trinajstić information content (AvgIpc) is 2.45. The molecule has 0 aliphatic carbocycles. The molecular weight excluding hydrogens is 246 g/mol. The van der Waals surface area contributed by atoms with E-state index in [4.69, 9.17) is 9.47 Å².